The Morgan fingerprint density at radius 2 is 1.91 bits per heavy atom. The van der Waals surface area contributed by atoms with Gasteiger partial charge in [0.15, 0.2) is 5.60 Å². The van der Waals surface area contributed by atoms with Crippen LogP contribution in [0, 0.1) is 0 Å². The first-order valence-corrected chi connectivity index (χ1v) is 7.57. The van der Waals surface area contributed by atoms with Crippen molar-refractivity contribution in [2.24, 2.45) is 0 Å². The summed E-state index contributed by atoms with van der Waals surface area (Å²) in [5.41, 5.74) is -2.71. The van der Waals surface area contributed by atoms with Crippen LogP contribution in [0.2, 0.25) is 0 Å². The second-order valence-corrected chi connectivity index (χ2v) is 5.97. The summed E-state index contributed by atoms with van der Waals surface area (Å²) in [4.78, 5) is 27.1. The Morgan fingerprint density at radius 3 is 2.32 bits per heavy atom. The number of piperidine rings is 1. The monoisotopic (exact) mass is 322 g/mol. The molecule has 0 spiro atoms. The predicted molar refractivity (Wildman–Crippen MR) is 71.8 cm³/mol. The van der Waals surface area contributed by atoms with E-state index in [4.69, 9.17) is 0 Å². The zero-order chi connectivity index (χ0) is 16.5. The maximum Gasteiger partial charge on any atom is 0.417 e. The molecule has 22 heavy (non-hydrogen) atoms. The topological polar surface area (TPSA) is 60.9 Å². The van der Waals surface area contributed by atoms with E-state index in [0.29, 0.717) is 25.8 Å². The van der Waals surface area contributed by atoms with E-state index in [1.165, 1.54) is 9.80 Å². The molecule has 2 aliphatic heterocycles. The van der Waals surface area contributed by atoms with Crippen LogP contribution in [0.5, 0.6) is 0 Å². The van der Waals surface area contributed by atoms with Gasteiger partial charge in [0.2, 0.25) is 11.8 Å². The van der Waals surface area contributed by atoms with Crippen LogP contribution >= 0.6 is 0 Å². The highest BCUT2D eigenvalue weighted by atomic mass is 19.4. The molecule has 2 fully saturated rings. The molecule has 1 N–H and O–H groups in total. The fourth-order valence-electron chi connectivity index (χ4n) is 3.12. The van der Waals surface area contributed by atoms with Crippen LogP contribution in [0.1, 0.15) is 39.0 Å². The van der Waals surface area contributed by atoms with Crippen molar-refractivity contribution in [1.82, 2.24) is 9.80 Å². The highest BCUT2D eigenvalue weighted by Gasteiger charge is 2.55. The number of rotatable bonds is 3. The number of hydrogen-bond acceptors (Lipinski definition) is 3. The van der Waals surface area contributed by atoms with Gasteiger partial charge < -0.3 is 14.9 Å². The van der Waals surface area contributed by atoms with Gasteiger partial charge in [0.25, 0.3) is 0 Å². The molecular weight excluding hydrogens is 301 g/mol. The molecule has 2 rings (SSSR count). The SMILES string of the molecule is CCC(C(=O)N1CCC(O)(C(F)(F)F)CC1)N1CCCC1=O. The Morgan fingerprint density at radius 1 is 1.32 bits per heavy atom. The van der Waals surface area contributed by atoms with Crippen LogP contribution < -0.4 is 0 Å². The van der Waals surface area contributed by atoms with Crippen molar-refractivity contribution in [2.75, 3.05) is 19.6 Å². The summed E-state index contributed by atoms with van der Waals surface area (Å²) in [7, 11) is 0. The van der Waals surface area contributed by atoms with Gasteiger partial charge in [0.1, 0.15) is 6.04 Å². The number of carbonyl (C=O) groups excluding carboxylic acids is 2. The van der Waals surface area contributed by atoms with Crippen molar-refractivity contribution in [3.8, 4) is 0 Å². The molecule has 0 saturated carbocycles. The van der Waals surface area contributed by atoms with Gasteiger partial charge in [-0.1, -0.05) is 6.92 Å². The number of hydrogen-bond donors (Lipinski definition) is 1. The van der Waals surface area contributed by atoms with Gasteiger partial charge in [-0.15, -0.1) is 0 Å². The Bertz CT molecular complexity index is 445. The summed E-state index contributed by atoms with van der Waals surface area (Å²) in [5, 5.41) is 9.63. The van der Waals surface area contributed by atoms with Crippen LogP contribution in [0.15, 0.2) is 0 Å². The molecule has 0 radical (unpaired) electrons. The molecule has 5 nitrogen and oxygen atoms in total. The smallest absolute Gasteiger partial charge is 0.380 e. The first-order chi connectivity index (χ1) is 10.2. The van der Waals surface area contributed by atoms with Crippen molar-refractivity contribution >= 4 is 11.8 Å². The number of likely N-dealkylation sites (tertiary alicyclic amines) is 2. The highest BCUT2D eigenvalue weighted by Crippen LogP contribution is 2.38. The molecule has 2 aliphatic rings. The van der Waals surface area contributed by atoms with Gasteiger partial charge in [-0.2, -0.15) is 13.2 Å². The van der Waals surface area contributed by atoms with E-state index < -0.39 is 30.7 Å². The zero-order valence-corrected chi connectivity index (χ0v) is 12.5. The molecule has 8 heteroatoms. The number of carbonyl (C=O) groups is 2. The third-order valence-electron chi connectivity index (χ3n) is 4.59. The minimum Gasteiger partial charge on any atom is -0.380 e. The van der Waals surface area contributed by atoms with E-state index in [1.54, 1.807) is 6.92 Å². The van der Waals surface area contributed by atoms with Gasteiger partial charge in [-0.05, 0) is 12.8 Å². The molecule has 0 aromatic rings. The van der Waals surface area contributed by atoms with E-state index >= 15 is 0 Å². The van der Waals surface area contributed by atoms with Gasteiger partial charge in [-0.25, -0.2) is 0 Å². The summed E-state index contributed by atoms with van der Waals surface area (Å²) in [6.45, 7) is 2.01. The molecule has 126 valence electrons. The second-order valence-electron chi connectivity index (χ2n) is 5.97. The average Bonchev–Trinajstić information content (AvgIpc) is 2.85. The molecule has 1 atom stereocenters. The van der Waals surface area contributed by atoms with Crippen molar-refractivity contribution in [3.63, 3.8) is 0 Å². The number of halogens is 3. The second kappa shape index (κ2) is 6.06. The van der Waals surface area contributed by atoms with E-state index in [2.05, 4.69) is 0 Å². The molecule has 2 amide bonds. The lowest BCUT2D eigenvalue weighted by Crippen LogP contribution is -2.57. The Hall–Kier alpha value is -1.31. The molecule has 0 aromatic heterocycles. The minimum atomic E-state index is -4.68. The van der Waals surface area contributed by atoms with E-state index in [-0.39, 0.29) is 24.9 Å². The van der Waals surface area contributed by atoms with Crippen LogP contribution in [0.4, 0.5) is 13.2 Å². The number of amides is 2. The number of nitrogens with zero attached hydrogens (tertiary/aromatic N) is 2. The standard InChI is InChI=1S/C14H21F3N2O3/c1-2-10(19-7-3-4-11(19)20)12(21)18-8-5-13(22,6-9-18)14(15,16)17/h10,22H,2-9H2,1H3. The van der Waals surface area contributed by atoms with E-state index in [1.807, 2.05) is 0 Å². The quantitative estimate of drug-likeness (QED) is 0.852. The van der Waals surface area contributed by atoms with Gasteiger partial charge in [0.05, 0.1) is 0 Å². The fourth-order valence-corrected chi connectivity index (χ4v) is 3.12. The lowest BCUT2D eigenvalue weighted by Gasteiger charge is -2.41. The summed E-state index contributed by atoms with van der Waals surface area (Å²) in [6, 6.07) is -0.605. The first kappa shape index (κ1) is 17.1. The van der Waals surface area contributed by atoms with Gasteiger partial charge in [-0.3, -0.25) is 9.59 Å². The van der Waals surface area contributed by atoms with E-state index in [0.717, 1.165) is 0 Å². The zero-order valence-electron chi connectivity index (χ0n) is 12.5. The summed E-state index contributed by atoms with van der Waals surface area (Å²) in [5.74, 6) is -0.397. The summed E-state index contributed by atoms with van der Waals surface area (Å²) in [6.07, 6.45) is -4.17. The van der Waals surface area contributed by atoms with Crippen LogP contribution in [0.3, 0.4) is 0 Å². The Kier molecular flexibility index (Phi) is 4.70. The van der Waals surface area contributed by atoms with Crippen molar-refractivity contribution < 1.29 is 27.9 Å². The van der Waals surface area contributed by atoms with Crippen LogP contribution in [-0.2, 0) is 9.59 Å². The summed E-state index contributed by atoms with van der Waals surface area (Å²) >= 11 is 0. The highest BCUT2D eigenvalue weighted by molar-refractivity contribution is 5.88. The summed E-state index contributed by atoms with van der Waals surface area (Å²) < 4.78 is 38.3. The molecular formula is C14H21F3N2O3. The Balaban J connectivity index is 2.01. The molecule has 1 unspecified atom stereocenters. The maximum absolute atomic E-state index is 12.8. The lowest BCUT2D eigenvalue weighted by molar-refractivity contribution is -0.272. The third-order valence-corrected chi connectivity index (χ3v) is 4.59. The molecule has 2 saturated heterocycles. The van der Waals surface area contributed by atoms with Crippen LogP contribution in [-0.4, -0.2) is 64.2 Å². The van der Waals surface area contributed by atoms with E-state index in [9.17, 15) is 27.9 Å². The fraction of sp³-hybridized carbons (Fsp3) is 0.857. The predicted octanol–water partition coefficient (Wildman–Crippen LogP) is 1.30. The molecule has 0 aliphatic carbocycles. The van der Waals surface area contributed by atoms with Crippen molar-refractivity contribution in [1.29, 1.82) is 0 Å². The maximum atomic E-state index is 12.8. The largest absolute Gasteiger partial charge is 0.417 e. The number of alkyl halides is 3. The van der Waals surface area contributed by atoms with Crippen LogP contribution in [0.25, 0.3) is 0 Å². The van der Waals surface area contributed by atoms with Gasteiger partial charge >= 0.3 is 6.18 Å². The van der Waals surface area contributed by atoms with Gasteiger partial charge in [0, 0.05) is 38.9 Å². The van der Waals surface area contributed by atoms with Crippen molar-refractivity contribution in [2.45, 2.75) is 56.8 Å². The van der Waals surface area contributed by atoms with Crippen molar-refractivity contribution in [3.05, 3.63) is 0 Å². The minimum absolute atomic E-state index is 0.0796. The average molecular weight is 322 g/mol. The Labute approximate surface area is 127 Å². The molecule has 2 heterocycles. The molecule has 0 bridgehead atoms. The number of aliphatic hydroxyl groups is 1. The molecule has 0 aromatic carbocycles. The lowest BCUT2D eigenvalue weighted by atomic mass is 9.90. The first-order valence-electron chi connectivity index (χ1n) is 7.57. The normalized spacial score (nSPS) is 23.8. The third kappa shape index (κ3) is 3.06.